The van der Waals surface area contributed by atoms with E-state index in [2.05, 4.69) is 103 Å². The van der Waals surface area contributed by atoms with Crippen molar-refractivity contribution in [2.24, 2.45) is 35.0 Å². The van der Waals surface area contributed by atoms with Gasteiger partial charge in [-0.2, -0.15) is 0 Å². The molecule has 0 N–H and O–H groups in total. The predicted octanol–water partition coefficient (Wildman–Crippen LogP) is 9.46. The Balaban J connectivity index is 1.36. The molecule has 1 saturated carbocycles. The lowest BCUT2D eigenvalue weighted by atomic mass is 9.56. The largest absolute Gasteiger partial charge is 0.0882 e. The summed E-state index contributed by atoms with van der Waals surface area (Å²) in [7, 11) is 0. The number of allylic oxidation sites excluding steroid dienone is 20. The number of hydrogen-bond acceptors (Lipinski definition) is 0. The van der Waals surface area contributed by atoms with Gasteiger partial charge in [0.15, 0.2) is 0 Å². The minimum Gasteiger partial charge on any atom is -0.0882 e. The van der Waals surface area contributed by atoms with E-state index in [1.54, 1.807) is 44.6 Å². The van der Waals surface area contributed by atoms with Crippen molar-refractivity contribution in [3.63, 3.8) is 0 Å². The van der Waals surface area contributed by atoms with Gasteiger partial charge in [-0.25, -0.2) is 0 Å². The van der Waals surface area contributed by atoms with Gasteiger partial charge in [-0.1, -0.05) is 109 Å². The summed E-state index contributed by atoms with van der Waals surface area (Å²) in [6, 6.07) is 9.57. The highest BCUT2D eigenvalue weighted by molar-refractivity contribution is 5.87. The summed E-state index contributed by atoms with van der Waals surface area (Å²) in [5.74, 6) is 2.88. The zero-order valence-electron chi connectivity index (χ0n) is 23.2. The Morgan fingerprint density at radius 2 is 1.45 bits per heavy atom. The molecule has 0 bridgehead atoms. The molecule has 0 nitrogen and oxygen atoms in total. The van der Waals surface area contributed by atoms with Gasteiger partial charge in [0.05, 0.1) is 0 Å². The third-order valence-electron chi connectivity index (χ3n) is 12.5. The van der Waals surface area contributed by atoms with Gasteiger partial charge in [-0.05, 0) is 107 Å². The summed E-state index contributed by atoms with van der Waals surface area (Å²) in [6.07, 6.45) is 40.9. The zero-order valence-corrected chi connectivity index (χ0v) is 23.2. The highest BCUT2D eigenvalue weighted by Gasteiger charge is 2.71. The summed E-state index contributed by atoms with van der Waals surface area (Å²) in [4.78, 5) is 0. The fourth-order valence-electron chi connectivity index (χ4n) is 11.6. The summed E-state index contributed by atoms with van der Waals surface area (Å²) < 4.78 is 0. The van der Waals surface area contributed by atoms with Gasteiger partial charge in [-0.3, -0.25) is 0 Å². The molecule has 10 rings (SSSR count). The van der Waals surface area contributed by atoms with Gasteiger partial charge >= 0.3 is 0 Å². The van der Waals surface area contributed by atoms with Crippen molar-refractivity contribution in [1.29, 1.82) is 0 Å². The molecule has 0 aromatic heterocycles. The van der Waals surface area contributed by atoms with Crippen LogP contribution in [0.4, 0.5) is 0 Å². The minimum atomic E-state index is 0.0409. The lowest BCUT2D eigenvalue weighted by Gasteiger charge is -2.46. The van der Waals surface area contributed by atoms with Gasteiger partial charge < -0.3 is 0 Å². The van der Waals surface area contributed by atoms with Crippen molar-refractivity contribution in [3.8, 4) is 0 Å². The lowest BCUT2D eigenvalue weighted by Crippen LogP contribution is -2.41. The van der Waals surface area contributed by atoms with Crippen LogP contribution in [0.2, 0.25) is 0 Å². The van der Waals surface area contributed by atoms with Crippen LogP contribution in [0.25, 0.3) is 5.57 Å². The molecular weight excluding hydrogens is 480 g/mol. The Morgan fingerprint density at radius 3 is 2.35 bits per heavy atom. The second kappa shape index (κ2) is 7.67. The molecule has 40 heavy (non-hydrogen) atoms. The van der Waals surface area contributed by atoms with E-state index in [0.717, 1.165) is 12.8 Å². The third-order valence-corrected chi connectivity index (χ3v) is 12.5. The van der Waals surface area contributed by atoms with Crippen molar-refractivity contribution in [1.82, 2.24) is 0 Å². The fourth-order valence-corrected chi connectivity index (χ4v) is 11.6. The van der Waals surface area contributed by atoms with Crippen LogP contribution in [0.5, 0.6) is 0 Å². The predicted molar refractivity (Wildman–Crippen MR) is 164 cm³/mol. The van der Waals surface area contributed by atoms with E-state index in [4.69, 9.17) is 0 Å². The number of hydrogen-bond donors (Lipinski definition) is 0. The van der Waals surface area contributed by atoms with Crippen molar-refractivity contribution in [2.45, 2.75) is 50.4 Å². The molecule has 0 amide bonds. The SMILES string of the molecule is C1=CCC2C(=C1)C1CCC=CC1C21C2=C(CCC=C2)C2=C1C1=CC=CCC1C21c2ccccc2C2=CC=CCC21. The topological polar surface area (TPSA) is 0 Å². The lowest BCUT2D eigenvalue weighted by molar-refractivity contribution is 0.259. The van der Waals surface area contributed by atoms with Crippen LogP contribution in [0.1, 0.15) is 56.1 Å². The molecule has 7 unspecified atom stereocenters. The highest BCUT2D eigenvalue weighted by atomic mass is 14.7. The molecule has 0 heteroatoms. The van der Waals surface area contributed by atoms with Gasteiger partial charge in [-0.15, -0.1) is 0 Å². The average Bonchev–Trinajstić information content (AvgIpc) is 3.70. The van der Waals surface area contributed by atoms with Gasteiger partial charge in [0.2, 0.25) is 0 Å². The molecule has 1 aromatic carbocycles. The minimum absolute atomic E-state index is 0.0409. The molecular formula is C40H36. The van der Waals surface area contributed by atoms with Gasteiger partial charge in [0.25, 0.3) is 0 Å². The molecule has 0 radical (unpaired) electrons. The number of fused-ring (bicyclic) bond motifs is 17. The Bertz CT molecular complexity index is 1700. The van der Waals surface area contributed by atoms with Crippen molar-refractivity contribution in [2.75, 3.05) is 0 Å². The molecule has 1 aromatic rings. The van der Waals surface area contributed by atoms with Crippen LogP contribution in [0, 0.1) is 35.0 Å². The number of benzene rings is 1. The van der Waals surface area contributed by atoms with Crippen LogP contribution < -0.4 is 0 Å². The van der Waals surface area contributed by atoms with E-state index in [1.807, 2.05) is 0 Å². The maximum atomic E-state index is 2.69. The molecule has 2 spiro atoms. The second-order valence-corrected chi connectivity index (χ2v) is 13.6. The van der Waals surface area contributed by atoms with E-state index in [9.17, 15) is 0 Å². The standard InChI is InChI=1S/C40H36/c1-7-19-31-25(13-1)26-14-2-8-20-32(26)39(31)35-23-11-5-17-29(35)38-37(39)30-18-6-12-24-36(30)40(38)33-21-9-3-15-27(33)28-16-4-10-22-34(28)40/h1-3,5,7-15,17,19,22,24,28,32-35H,4,6,16,18,20-21,23H2. The Morgan fingerprint density at radius 1 is 0.675 bits per heavy atom. The van der Waals surface area contributed by atoms with E-state index in [1.165, 1.54) is 37.7 Å². The molecule has 0 aliphatic heterocycles. The smallest absolute Gasteiger partial charge is 0.0358 e. The summed E-state index contributed by atoms with van der Waals surface area (Å²) in [5.41, 5.74) is 15.3. The van der Waals surface area contributed by atoms with E-state index in [-0.39, 0.29) is 10.8 Å². The molecule has 0 saturated heterocycles. The Labute approximate surface area is 238 Å². The van der Waals surface area contributed by atoms with Crippen molar-refractivity contribution >= 4 is 5.57 Å². The molecule has 0 heterocycles. The Hall–Kier alpha value is -3.38. The average molecular weight is 517 g/mol. The first kappa shape index (κ1) is 22.3. The summed E-state index contributed by atoms with van der Waals surface area (Å²) in [6.45, 7) is 0. The van der Waals surface area contributed by atoms with Gasteiger partial charge in [0, 0.05) is 22.7 Å². The molecule has 9 aliphatic carbocycles. The monoisotopic (exact) mass is 516 g/mol. The first-order valence-corrected chi connectivity index (χ1v) is 15.9. The second-order valence-electron chi connectivity index (χ2n) is 13.6. The first-order valence-electron chi connectivity index (χ1n) is 15.9. The summed E-state index contributed by atoms with van der Waals surface area (Å²) >= 11 is 0. The third kappa shape index (κ3) is 2.29. The van der Waals surface area contributed by atoms with Gasteiger partial charge in [0.1, 0.15) is 0 Å². The van der Waals surface area contributed by atoms with E-state index < -0.39 is 0 Å². The Kier molecular flexibility index (Phi) is 4.28. The zero-order chi connectivity index (χ0) is 26.1. The first-order chi connectivity index (χ1) is 19.9. The van der Waals surface area contributed by atoms with Crippen LogP contribution in [-0.2, 0) is 5.41 Å². The van der Waals surface area contributed by atoms with Crippen molar-refractivity contribution < 1.29 is 0 Å². The number of rotatable bonds is 0. The molecule has 7 atom stereocenters. The quantitative estimate of drug-likeness (QED) is 0.301. The van der Waals surface area contributed by atoms with Crippen LogP contribution >= 0.6 is 0 Å². The van der Waals surface area contributed by atoms with E-state index in [0.29, 0.717) is 29.6 Å². The maximum Gasteiger partial charge on any atom is 0.0358 e. The van der Waals surface area contributed by atoms with Crippen LogP contribution in [0.3, 0.4) is 0 Å². The highest BCUT2D eigenvalue weighted by Crippen LogP contribution is 2.79. The molecule has 196 valence electrons. The van der Waals surface area contributed by atoms with E-state index >= 15 is 0 Å². The molecule has 1 fully saturated rings. The van der Waals surface area contributed by atoms with Crippen LogP contribution in [0.15, 0.2) is 137 Å². The van der Waals surface area contributed by atoms with Crippen LogP contribution in [-0.4, -0.2) is 0 Å². The summed E-state index contributed by atoms with van der Waals surface area (Å²) in [5, 5.41) is 0. The normalized spacial score (nSPS) is 40.5. The molecule has 9 aliphatic rings. The van der Waals surface area contributed by atoms with Crippen molar-refractivity contribution in [3.05, 3.63) is 148 Å². The maximum absolute atomic E-state index is 2.69. The fraction of sp³-hybridized carbons (Fsp3) is 0.350.